The van der Waals surface area contributed by atoms with Gasteiger partial charge in [-0.3, -0.25) is 4.79 Å². The molecule has 40 heavy (non-hydrogen) atoms. The molecule has 3 rings (SSSR count). The quantitative estimate of drug-likeness (QED) is 0.114. The molecule has 6 heteroatoms. The summed E-state index contributed by atoms with van der Waals surface area (Å²) in [5, 5.41) is 2.73. The molecule has 0 spiro atoms. The van der Waals surface area contributed by atoms with Gasteiger partial charge in [0.25, 0.3) is 0 Å². The van der Waals surface area contributed by atoms with E-state index in [-0.39, 0.29) is 18.6 Å². The van der Waals surface area contributed by atoms with Crippen LogP contribution in [0.2, 0.25) is 0 Å². The normalized spacial score (nSPS) is 13.6. The molecule has 1 aliphatic rings. The van der Waals surface area contributed by atoms with Crippen LogP contribution in [0.3, 0.4) is 0 Å². The highest BCUT2D eigenvalue weighted by molar-refractivity contribution is 5.71. The molecule has 0 bridgehead atoms. The molecule has 0 amide bonds. The fraction of sp³-hybridized carbons (Fsp3) is 0.412. The lowest BCUT2D eigenvalue weighted by atomic mass is 10.1. The number of carbonyl (C=O) groups excluding carboxylic acids is 2. The molecule has 0 radical (unpaired) electrons. The average Bonchev–Trinajstić information content (AvgIpc) is 3.46. The number of unbranched alkanes of at least 4 members (excludes halogenated alkanes) is 2. The van der Waals surface area contributed by atoms with Crippen molar-refractivity contribution in [2.75, 3.05) is 26.7 Å². The van der Waals surface area contributed by atoms with E-state index in [1.807, 2.05) is 66.7 Å². The highest BCUT2D eigenvalue weighted by Crippen LogP contribution is 2.23. The van der Waals surface area contributed by atoms with Crippen molar-refractivity contribution in [2.24, 2.45) is 0 Å². The minimum absolute atomic E-state index is 0.0944. The topological polar surface area (TPSA) is 67.9 Å². The van der Waals surface area contributed by atoms with Gasteiger partial charge in [0.2, 0.25) is 0 Å². The van der Waals surface area contributed by atoms with Gasteiger partial charge in [0.15, 0.2) is 0 Å². The fourth-order valence-electron chi connectivity index (χ4n) is 3.92. The highest BCUT2D eigenvalue weighted by Gasteiger charge is 2.24. The van der Waals surface area contributed by atoms with E-state index < -0.39 is 0 Å². The molecule has 1 N–H and O–H groups in total. The summed E-state index contributed by atoms with van der Waals surface area (Å²) in [6.07, 6.45) is 12.3. The number of benzene rings is 2. The van der Waals surface area contributed by atoms with E-state index in [4.69, 9.17) is 9.47 Å². The number of hydrogen-bond donors (Lipinski definition) is 1. The highest BCUT2D eigenvalue weighted by atomic mass is 16.5. The van der Waals surface area contributed by atoms with Crippen molar-refractivity contribution in [2.45, 2.75) is 64.5 Å². The maximum Gasteiger partial charge on any atom is 0.320 e. The Morgan fingerprint density at radius 2 is 1.75 bits per heavy atom. The van der Waals surface area contributed by atoms with Gasteiger partial charge in [0.05, 0.1) is 19.2 Å². The molecule has 1 atom stereocenters. The van der Waals surface area contributed by atoms with Crippen molar-refractivity contribution in [1.29, 1.82) is 0 Å². The number of nitrogens with zero attached hydrogens (tertiary/aromatic N) is 1. The Bertz CT molecular complexity index is 989. The number of ether oxygens (including phenoxy) is 2. The first-order valence-corrected chi connectivity index (χ1v) is 14.1. The van der Waals surface area contributed by atoms with Crippen molar-refractivity contribution in [3.63, 3.8) is 0 Å². The first kappa shape index (κ1) is 34.4. The van der Waals surface area contributed by atoms with Gasteiger partial charge in [0.1, 0.15) is 18.6 Å². The smallest absolute Gasteiger partial charge is 0.320 e. The van der Waals surface area contributed by atoms with Gasteiger partial charge < -0.3 is 24.5 Å². The van der Waals surface area contributed by atoms with E-state index in [0.717, 1.165) is 68.4 Å². The first-order valence-electron chi connectivity index (χ1n) is 14.1. The van der Waals surface area contributed by atoms with Crippen LogP contribution < -0.4 is 10.1 Å². The molecule has 1 saturated heterocycles. The van der Waals surface area contributed by atoms with Crippen LogP contribution in [-0.2, 0) is 20.9 Å². The molecule has 6 nitrogen and oxygen atoms in total. The van der Waals surface area contributed by atoms with Gasteiger partial charge in [-0.2, -0.15) is 0 Å². The van der Waals surface area contributed by atoms with Crippen molar-refractivity contribution in [3.8, 4) is 5.75 Å². The SMILES string of the molecule is C=CCCCCC(=C)N1CCCC1C=O.C=CCCOc1ccc(C)cc1.CNCC(=O)OCc1ccccc1. The maximum absolute atomic E-state index is 10.9. The van der Waals surface area contributed by atoms with Gasteiger partial charge in [-0.1, -0.05) is 66.8 Å². The van der Waals surface area contributed by atoms with Crippen LogP contribution in [0.5, 0.6) is 5.75 Å². The summed E-state index contributed by atoms with van der Waals surface area (Å²) < 4.78 is 10.4. The first-order chi connectivity index (χ1) is 19.4. The van der Waals surface area contributed by atoms with Crippen LogP contribution in [0, 0.1) is 6.92 Å². The fourth-order valence-corrected chi connectivity index (χ4v) is 3.92. The molecule has 0 aliphatic carbocycles. The molecule has 1 unspecified atom stereocenters. The maximum atomic E-state index is 10.9. The van der Waals surface area contributed by atoms with Gasteiger partial charge in [-0.05, 0) is 76.6 Å². The molecule has 0 aromatic heterocycles. The lowest BCUT2D eigenvalue weighted by Gasteiger charge is -2.24. The minimum atomic E-state index is -0.230. The van der Waals surface area contributed by atoms with E-state index in [0.29, 0.717) is 13.2 Å². The third kappa shape index (κ3) is 15.7. The van der Waals surface area contributed by atoms with Crippen LogP contribution in [-0.4, -0.2) is 49.9 Å². The molecule has 1 fully saturated rings. The standard InChI is InChI=1S/C13H21NO.C11H14O.C10H13NO2/c1-3-4-5-6-8-12(2)14-10-7-9-13(14)11-15;1-3-4-9-12-11-7-5-10(2)6-8-11;1-11-7-10(12)13-8-9-5-3-2-4-6-9/h3,11,13H,1-2,4-10H2;3,5-8H,1,4,9H2,2H3;2-6,11H,7-8H2,1H3. The molecule has 1 aliphatic heterocycles. The second-order valence-electron chi connectivity index (χ2n) is 9.56. The zero-order valence-corrected chi connectivity index (χ0v) is 24.5. The summed E-state index contributed by atoms with van der Waals surface area (Å²) >= 11 is 0. The zero-order valence-electron chi connectivity index (χ0n) is 24.5. The van der Waals surface area contributed by atoms with Crippen LogP contribution in [0.15, 0.2) is 92.2 Å². The number of hydrogen-bond acceptors (Lipinski definition) is 6. The Morgan fingerprint density at radius 3 is 2.38 bits per heavy atom. The average molecular weight is 549 g/mol. The van der Waals surface area contributed by atoms with Gasteiger partial charge in [-0.25, -0.2) is 0 Å². The van der Waals surface area contributed by atoms with E-state index >= 15 is 0 Å². The Morgan fingerprint density at radius 1 is 1.05 bits per heavy atom. The Hall–Kier alpha value is -3.64. The molecule has 1 heterocycles. The predicted octanol–water partition coefficient (Wildman–Crippen LogP) is 6.81. The van der Waals surface area contributed by atoms with E-state index in [2.05, 4.69) is 36.9 Å². The summed E-state index contributed by atoms with van der Waals surface area (Å²) in [5.41, 5.74) is 3.40. The van der Waals surface area contributed by atoms with Crippen molar-refractivity contribution < 1.29 is 19.1 Å². The molecular formula is C34H48N2O4. The lowest BCUT2D eigenvalue weighted by molar-refractivity contribution is -0.143. The summed E-state index contributed by atoms with van der Waals surface area (Å²) in [6.45, 7) is 15.8. The van der Waals surface area contributed by atoms with Crippen molar-refractivity contribution >= 4 is 12.3 Å². The largest absolute Gasteiger partial charge is 0.493 e. The van der Waals surface area contributed by atoms with Crippen molar-refractivity contribution in [3.05, 3.63) is 103 Å². The molecule has 0 saturated carbocycles. The number of aryl methyl sites for hydroxylation is 1. The predicted molar refractivity (Wildman–Crippen MR) is 165 cm³/mol. The number of rotatable bonds is 15. The Balaban J connectivity index is 0.000000302. The van der Waals surface area contributed by atoms with Gasteiger partial charge >= 0.3 is 5.97 Å². The molecule has 2 aromatic rings. The minimum Gasteiger partial charge on any atom is -0.493 e. The number of nitrogens with one attached hydrogen (secondary N) is 1. The van der Waals surface area contributed by atoms with Crippen molar-refractivity contribution in [1.82, 2.24) is 10.2 Å². The third-order valence-electron chi connectivity index (χ3n) is 6.16. The second kappa shape index (κ2) is 22.2. The third-order valence-corrected chi connectivity index (χ3v) is 6.16. The number of allylic oxidation sites excluding steroid dienone is 2. The van der Waals surface area contributed by atoms with Gasteiger partial charge in [-0.15, -0.1) is 13.2 Å². The number of likely N-dealkylation sites (N-methyl/N-ethyl adjacent to an activating group) is 1. The number of likely N-dealkylation sites (tertiary alicyclic amines) is 1. The summed E-state index contributed by atoms with van der Waals surface area (Å²) in [7, 11) is 1.71. The Labute approximate surface area is 241 Å². The van der Waals surface area contributed by atoms with E-state index in [1.54, 1.807) is 7.05 Å². The van der Waals surface area contributed by atoms with E-state index in [1.165, 1.54) is 12.0 Å². The number of aldehydes is 1. The number of carbonyl (C=O) groups is 2. The number of esters is 1. The Kier molecular flexibility index (Phi) is 19.1. The second-order valence-corrected chi connectivity index (χ2v) is 9.56. The monoisotopic (exact) mass is 548 g/mol. The van der Waals surface area contributed by atoms with Crippen LogP contribution in [0.1, 0.15) is 56.1 Å². The summed E-state index contributed by atoms with van der Waals surface area (Å²) in [6, 6.07) is 17.8. The van der Waals surface area contributed by atoms with Gasteiger partial charge in [0, 0.05) is 12.2 Å². The van der Waals surface area contributed by atoms with Crippen LogP contribution >= 0.6 is 0 Å². The summed E-state index contributed by atoms with van der Waals surface area (Å²) in [5.74, 6) is 0.703. The van der Waals surface area contributed by atoms with E-state index in [9.17, 15) is 9.59 Å². The van der Waals surface area contributed by atoms with Crippen LogP contribution in [0.25, 0.3) is 0 Å². The molecular weight excluding hydrogens is 500 g/mol. The molecule has 2 aromatic carbocycles. The van der Waals surface area contributed by atoms with Crippen LogP contribution in [0.4, 0.5) is 0 Å². The summed E-state index contributed by atoms with van der Waals surface area (Å²) in [4.78, 5) is 23.9. The lowest BCUT2D eigenvalue weighted by Crippen LogP contribution is -2.29. The molecule has 218 valence electrons. The zero-order chi connectivity index (χ0) is 29.4.